The molecule has 0 aliphatic carbocycles. The number of aliphatic imine (C=N–C) groups is 1. The van der Waals surface area contributed by atoms with E-state index in [9.17, 15) is 4.79 Å². The van der Waals surface area contributed by atoms with Crippen LogP contribution >= 0.6 is 23.8 Å². The number of hydrogen-bond donors (Lipinski definition) is 3. The van der Waals surface area contributed by atoms with Crippen molar-refractivity contribution in [2.24, 2.45) is 4.99 Å². The van der Waals surface area contributed by atoms with Crippen LogP contribution in [0.5, 0.6) is 0 Å². The molecule has 0 bridgehead atoms. The van der Waals surface area contributed by atoms with Crippen molar-refractivity contribution in [1.82, 2.24) is 10.6 Å². The smallest absolute Gasteiger partial charge is 0.265 e. The lowest BCUT2D eigenvalue weighted by Gasteiger charge is -2.30. The zero-order chi connectivity index (χ0) is 27.9. The zero-order valence-electron chi connectivity index (χ0n) is 22.1. The number of rotatable bonds is 7. The van der Waals surface area contributed by atoms with Crippen molar-refractivity contribution in [3.63, 3.8) is 0 Å². The first-order valence-corrected chi connectivity index (χ1v) is 13.8. The van der Waals surface area contributed by atoms with Crippen molar-refractivity contribution >= 4 is 62.7 Å². The van der Waals surface area contributed by atoms with Crippen LogP contribution in [0.15, 0.2) is 96.0 Å². The highest BCUT2D eigenvalue weighted by molar-refractivity contribution is 7.80. The number of carbonyl (C=O) groups excluding carboxylic acids is 1. The molecule has 1 saturated heterocycles. The van der Waals surface area contributed by atoms with Gasteiger partial charge in [0.2, 0.25) is 6.17 Å². The molecule has 1 atom stereocenters. The molecule has 1 heterocycles. The van der Waals surface area contributed by atoms with Crippen LogP contribution in [0.1, 0.15) is 11.1 Å². The molecule has 0 saturated carbocycles. The molecule has 9 heteroatoms. The minimum absolute atomic E-state index is 0.278. The van der Waals surface area contributed by atoms with Crippen LogP contribution in [0.3, 0.4) is 0 Å². The molecule has 1 aliphatic heterocycles. The topological polar surface area (TPSA) is 78.0 Å². The highest BCUT2D eigenvalue weighted by atomic mass is 35.5. The predicted octanol–water partition coefficient (Wildman–Crippen LogP) is 5.23. The molecular formula is C31H30ClN5O2S. The number of morpholine rings is 1. The van der Waals surface area contributed by atoms with Gasteiger partial charge in [-0.3, -0.25) is 4.79 Å². The highest BCUT2D eigenvalue weighted by Crippen LogP contribution is 2.33. The largest absolute Gasteiger partial charge is 0.378 e. The Morgan fingerprint density at radius 1 is 0.925 bits per heavy atom. The van der Waals surface area contributed by atoms with E-state index in [1.165, 1.54) is 0 Å². The summed E-state index contributed by atoms with van der Waals surface area (Å²) < 4.78 is 5.54. The van der Waals surface area contributed by atoms with Crippen molar-refractivity contribution in [2.75, 3.05) is 43.6 Å². The van der Waals surface area contributed by atoms with E-state index < -0.39 is 6.17 Å². The van der Waals surface area contributed by atoms with Gasteiger partial charge < -0.3 is 25.6 Å². The first kappa shape index (κ1) is 27.6. The Labute approximate surface area is 244 Å². The number of halogens is 1. The number of amides is 1. The molecule has 1 aliphatic rings. The number of anilines is 2. The average Bonchev–Trinajstić information content (AvgIpc) is 3.00. The fourth-order valence-electron chi connectivity index (χ4n) is 4.72. The quantitative estimate of drug-likeness (QED) is 0.208. The van der Waals surface area contributed by atoms with E-state index in [2.05, 4.69) is 39.0 Å². The van der Waals surface area contributed by atoms with Gasteiger partial charge in [-0.25, -0.2) is 4.99 Å². The number of ether oxygens (including phenoxy) is 1. The molecule has 3 N–H and O–H groups in total. The Morgan fingerprint density at radius 2 is 1.62 bits per heavy atom. The van der Waals surface area contributed by atoms with Gasteiger partial charge in [-0.2, -0.15) is 0 Å². The number of thiocarbonyl (C=S) groups is 1. The lowest BCUT2D eigenvalue weighted by molar-refractivity contribution is -0.122. The van der Waals surface area contributed by atoms with Gasteiger partial charge in [0.25, 0.3) is 5.91 Å². The Kier molecular flexibility index (Phi) is 8.91. The lowest BCUT2D eigenvalue weighted by atomic mass is 10.0. The number of likely N-dealkylation sites (N-methyl/N-ethyl adjacent to an activating group) is 1. The van der Waals surface area contributed by atoms with Crippen molar-refractivity contribution in [3.8, 4) is 0 Å². The molecule has 0 radical (unpaired) electrons. The molecule has 7 nitrogen and oxygen atoms in total. The maximum atomic E-state index is 13.0. The maximum Gasteiger partial charge on any atom is 0.265 e. The third-order valence-corrected chi connectivity index (χ3v) is 7.12. The summed E-state index contributed by atoms with van der Waals surface area (Å²) in [6, 6.07) is 29.4. The monoisotopic (exact) mass is 571 g/mol. The summed E-state index contributed by atoms with van der Waals surface area (Å²) in [7, 11) is 1.57. The molecule has 204 valence electrons. The summed E-state index contributed by atoms with van der Waals surface area (Å²) in [4.78, 5) is 20.2. The third-order valence-electron chi connectivity index (χ3n) is 6.67. The second-order valence-corrected chi connectivity index (χ2v) is 10.1. The first-order chi connectivity index (χ1) is 19.5. The molecule has 1 fully saturated rings. The first-order valence-electron chi connectivity index (χ1n) is 13.1. The SMILES string of the molecule is CNC(=O)C(/N=C(/c1ccccc1)c1cccc(Cl)c1)NC(=S)Nc1ccc(N2CCOCC2)c2ccccc12. The van der Waals surface area contributed by atoms with E-state index >= 15 is 0 Å². The molecule has 1 amide bonds. The van der Waals surface area contributed by atoms with E-state index in [4.69, 9.17) is 33.5 Å². The van der Waals surface area contributed by atoms with Crippen LogP contribution in [0.4, 0.5) is 11.4 Å². The van der Waals surface area contributed by atoms with Gasteiger partial charge in [-0.1, -0.05) is 78.3 Å². The zero-order valence-corrected chi connectivity index (χ0v) is 23.6. The van der Waals surface area contributed by atoms with Crippen LogP contribution in [0.25, 0.3) is 10.8 Å². The number of fused-ring (bicyclic) bond motifs is 1. The molecule has 1 unspecified atom stereocenters. The predicted molar refractivity (Wildman–Crippen MR) is 168 cm³/mol. The van der Waals surface area contributed by atoms with Gasteiger partial charge in [0, 0.05) is 58.4 Å². The summed E-state index contributed by atoms with van der Waals surface area (Å²) in [5.41, 5.74) is 4.25. The number of carbonyl (C=O) groups is 1. The maximum absolute atomic E-state index is 13.0. The van der Waals surface area contributed by atoms with Crippen LogP contribution in [0.2, 0.25) is 5.02 Å². The second-order valence-electron chi connectivity index (χ2n) is 9.25. The van der Waals surface area contributed by atoms with Crippen LogP contribution in [-0.4, -0.2) is 56.2 Å². The summed E-state index contributed by atoms with van der Waals surface area (Å²) in [6.07, 6.45) is -0.988. The van der Waals surface area contributed by atoms with Gasteiger partial charge in [0.05, 0.1) is 18.9 Å². The summed E-state index contributed by atoms with van der Waals surface area (Å²) >= 11 is 12.0. The van der Waals surface area contributed by atoms with Gasteiger partial charge in [0.15, 0.2) is 5.11 Å². The van der Waals surface area contributed by atoms with Gasteiger partial charge in [-0.05, 0) is 36.5 Å². The van der Waals surface area contributed by atoms with Crippen LogP contribution < -0.4 is 20.9 Å². The molecule has 40 heavy (non-hydrogen) atoms. The van der Waals surface area contributed by atoms with E-state index in [0.717, 1.165) is 46.4 Å². The molecule has 0 aromatic heterocycles. The molecular weight excluding hydrogens is 542 g/mol. The summed E-state index contributed by atoms with van der Waals surface area (Å²) in [5.74, 6) is -0.327. The van der Waals surface area contributed by atoms with Gasteiger partial charge >= 0.3 is 0 Å². The third kappa shape index (κ3) is 6.42. The van der Waals surface area contributed by atoms with Gasteiger partial charge in [0.1, 0.15) is 0 Å². The summed E-state index contributed by atoms with van der Waals surface area (Å²) in [6.45, 7) is 3.12. The van der Waals surface area contributed by atoms with E-state index in [1.807, 2.05) is 66.7 Å². The van der Waals surface area contributed by atoms with Crippen molar-refractivity contribution in [1.29, 1.82) is 0 Å². The van der Waals surface area contributed by atoms with E-state index in [-0.39, 0.29) is 11.0 Å². The highest BCUT2D eigenvalue weighted by Gasteiger charge is 2.21. The Morgan fingerprint density at radius 3 is 2.35 bits per heavy atom. The standard InChI is InChI=1S/C31H30ClN5O2S/c1-33-30(38)29(35-28(21-8-3-2-4-9-21)22-10-7-11-23(32)20-22)36-31(40)34-26-14-15-27(37-16-18-39-19-17-37)25-13-6-5-12-24(25)26/h2-15,20,29H,16-19H2,1H3,(H,33,38)(H2,34,36,40)/b35-28-. The lowest BCUT2D eigenvalue weighted by Crippen LogP contribution is -2.46. The average molecular weight is 572 g/mol. The molecule has 5 rings (SSSR count). The fourth-order valence-corrected chi connectivity index (χ4v) is 5.14. The minimum Gasteiger partial charge on any atom is -0.378 e. The number of nitrogens with zero attached hydrogens (tertiary/aromatic N) is 2. The Bertz CT molecular complexity index is 1540. The number of nitrogens with one attached hydrogen (secondary N) is 3. The molecule has 0 spiro atoms. The minimum atomic E-state index is -0.988. The molecule has 4 aromatic carbocycles. The fraction of sp³-hybridized carbons (Fsp3) is 0.194. The van der Waals surface area contributed by atoms with Crippen molar-refractivity contribution in [2.45, 2.75) is 6.17 Å². The second kappa shape index (κ2) is 12.9. The van der Waals surface area contributed by atoms with Crippen LogP contribution in [0, 0.1) is 0 Å². The van der Waals surface area contributed by atoms with Crippen molar-refractivity contribution < 1.29 is 9.53 Å². The van der Waals surface area contributed by atoms with E-state index in [0.29, 0.717) is 23.9 Å². The number of hydrogen-bond acceptors (Lipinski definition) is 5. The number of benzene rings is 4. The van der Waals surface area contributed by atoms with E-state index in [1.54, 1.807) is 13.1 Å². The normalized spacial score (nSPS) is 14.4. The van der Waals surface area contributed by atoms with Crippen molar-refractivity contribution in [3.05, 3.63) is 107 Å². The van der Waals surface area contributed by atoms with Gasteiger partial charge in [-0.15, -0.1) is 0 Å². The Hall–Kier alpha value is -3.98. The van der Waals surface area contributed by atoms with Crippen LogP contribution in [-0.2, 0) is 9.53 Å². The molecule has 4 aromatic rings. The Balaban J connectivity index is 1.44. The summed E-state index contributed by atoms with van der Waals surface area (Å²) in [5, 5.41) is 12.1.